The molecule has 2 N–H and O–H groups in total. The highest BCUT2D eigenvalue weighted by Gasteiger charge is 2.11. The number of rotatable bonds is 6. The van der Waals surface area contributed by atoms with Crippen molar-refractivity contribution in [2.45, 2.75) is 19.3 Å². The number of anilines is 1. The third kappa shape index (κ3) is 4.39. The van der Waals surface area contributed by atoms with E-state index in [1.54, 1.807) is 11.3 Å². The minimum atomic E-state index is -1.33. The van der Waals surface area contributed by atoms with E-state index in [-0.39, 0.29) is 11.6 Å². The van der Waals surface area contributed by atoms with Gasteiger partial charge in [0, 0.05) is 17.0 Å². The Hall–Kier alpha value is -2.21. The van der Waals surface area contributed by atoms with Gasteiger partial charge in [0.25, 0.3) is 0 Å². The van der Waals surface area contributed by atoms with Crippen LogP contribution in [0.5, 0.6) is 0 Å². The SMILES string of the molecule is O=C(CCCc1cccs1)Nc1ccc(C(=O)O)c(F)c1. The van der Waals surface area contributed by atoms with Crippen LogP contribution in [0, 0.1) is 5.82 Å². The molecule has 0 bridgehead atoms. The fourth-order valence-electron chi connectivity index (χ4n) is 1.87. The van der Waals surface area contributed by atoms with Gasteiger partial charge in [-0.25, -0.2) is 9.18 Å². The number of amides is 1. The van der Waals surface area contributed by atoms with E-state index in [4.69, 9.17) is 5.11 Å². The Kier molecular flexibility index (Phi) is 5.05. The largest absolute Gasteiger partial charge is 0.478 e. The van der Waals surface area contributed by atoms with Crippen molar-refractivity contribution in [3.05, 3.63) is 52.0 Å². The van der Waals surface area contributed by atoms with Crippen LogP contribution in [0.1, 0.15) is 28.1 Å². The van der Waals surface area contributed by atoms with Gasteiger partial charge in [-0.1, -0.05) is 6.07 Å². The van der Waals surface area contributed by atoms with Crippen molar-refractivity contribution in [2.75, 3.05) is 5.32 Å². The van der Waals surface area contributed by atoms with Crippen LogP contribution >= 0.6 is 11.3 Å². The normalized spacial score (nSPS) is 10.3. The van der Waals surface area contributed by atoms with Crippen molar-refractivity contribution in [2.24, 2.45) is 0 Å². The highest BCUT2D eigenvalue weighted by Crippen LogP contribution is 2.16. The average molecular weight is 307 g/mol. The first-order valence-electron chi connectivity index (χ1n) is 6.41. The predicted molar refractivity (Wildman–Crippen MR) is 79.2 cm³/mol. The summed E-state index contributed by atoms with van der Waals surface area (Å²) in [6.07, 6.45) is 1.87. The Morgan fingerprint density at radius 3 is 2.71 bits per heavy atom. The molecule has 0 aliphatic carbocycles. The van der Waals surface area contributed by atoms with E-state index in [9.17, 15) is 14.0 Å². The number of carboxylic acids is 1. The fraction of sp³-hybridized carbons (Fsp3) is 0.200. The molecule has 0 unspecified atom stereocenters. The maximum absolute atomic E-state index is 13.5. The van der Waals surface area contributed by atoms with Gasteiger partial charge in [0.15, 0.2) is 0 Å². The Balaban J connectivity index is 1.85. The lowest BCUT2D eigenvalue weighted by atomic mass is 10.1. The highest BCUT2D eigenvalue weighted by atomic mass is 32.1. The molecular formula is C15H14FNO3S. The van der Waals surface area contributed by atoms with E-state index < -0.39 is 17.3 Å². The molecule has 2 aromatic rings. The fourth-order valence-corrected chi connectivity index (χ4v) is 2.62. The molecule has 6 heteroatoms. The lowest BCUT2D eigenvalue weighted by molar-refractivity contribution is -0.116. The van der Waals surface area contributed by atoms with Gasteiger partial charge >= 0.3 is 5.97 Å². The van der Waals surface area contributed by atoms with Crippen LogP contribution in [0.3, 0.4) is 0 Å². The van der Waals surface area contributed by atoms with Crippen molar-refractivity contribution in [1.82, 2.24) is 0 Å². The summed E-state index contributed by atoms with van der Waals surface area (Å²) >= 11 is 1.65. The van der Waals surface area contributed by atoms with E-state index in [1.165, 1.54) is 10.9 Å². The van der Waals surface area contributed by atoms with Crippen molar-refractivity contribution in [1.29, 1.82) is 0 Å². The molecule has 1 aromatic carbocycles. The summed E-state index contributed by atoms with van der Waals surface area (Å²) in [6, 6.07) is 7.51. The summed E-state index contributed by atoms with van der Waals surface area (Å²) in [5.74, 6) is -2.41. The molecule has 0 atom stereocenters. The molecule has 0 aliphatic rings. The first-order valence-corrected chi connectivity index (χ1v) is 7.29. The number of hydrogen-bond donors (Lipinski definition) is 2. The van der Waals surface area contributed by atoms with Crippen LogP contribution in [-0.2, 0) is 11.2 Å². The van der Waals surface area contributed by atoms with E-state index in [2.05, 4.69) is 5.32 Å². The number of benzene rings is 1. The maximum atomic E-state index is 13.5. The lowest BCUT2D eigenvalue weighted by Crippen LogP contribution is -2.12. The summed E-state index contributed by atoms with van der Waals surface area (Å²) < 4.78 is 13.5. The molecule has 110 valence electrons. The third-order valence-corrected chi connectivity index (χ3v) is 3.83. The molecule has 0 saturated carbocycles. The second-order valence-electron chi connectivity index (χ2n) is 4.48. The van der Waals surface area contributed by atoms with E-state index in [1.807, 2.05) is 17.5 Å². The number of carbonyl (C=O) groups excluding carboxylic acids is 1. The molecule has 2 rings (SSSR count). The molecule has 4 nitrogen and oxygen atoms in total. The standard InChI is InChI=1S/C15H14FNO3S/c16-13-9-10(6-7-12(13)15(19)20)17-14(18)5-1-3-11-4-2-8-21-11/h2,4,6-9H,1,3,5H2,(H,17,18)(H,19,20). The molecule has 1 amide bonds. The average Bonchev–Trinajstić information content (AvgIpc) is 2.91. The van der Waals surface area contributed by atoms with E-state index >= 15 is 0 Å². The van der Waals surface area contributed by atoms with Gasteiger partial charge in [-0.3, -0.25) is 4.79 Å². The quantitative estimate of drug-likeness (QED) is 0.857. The zero-order valence-corrected chi connectivity index (χ0v) is 12.0. The Morgan fingerprint density at radius 1 is 1.29 bits per heavy atom. The van der Waals surface area contributed by atoms with Crippen molar-refractivity contribution in [3.63, 3.8) is 0 Å². The summed E-state index contributed by atoms with van der Waals surface area (Å²) in [6.45, 7) is 0. The number of thiophene rings is 1. The molecule has 0 fully saturated rings. The smallest absolute Gasteiger partial charge is 0.338 e. The number of carboxylic acid groups (broad SMARTS) is 1. The number of aromatic carboxylic acids is 1. The molecular weight excluding hydrogens is 293 g/mol. The van der Waals surface area contributed by atoms with Gasteiger partial charge < -0.3 is 10.4 Å². The van der Waals surface area contributed by atoms with Crippen LogP contribution in [0.4, 0.5) is 10.1 Å². The van der Waals surface area contributed by atoms with Gasteiger partial charge in [0.1, 0.15) is 5.82 Å². The summed E-state index contributed by atoms with van der Waals surface area (Å²) in [4.78, 5) is 23.6. The molecule has 0 aliphatic heterocycles. The molecule has 0 radical (unpaired) electrons. The van der Waals surface area contributed by atoms with Crippen molar-refractivity contribution < 1.29 is 19.1 Å². The van der Waals surface area contributed by atoms with Gasteiger partial charge in [-0.05, 0) is 42.5 Å². The monoisotopic (exact) mass is 307 g/mol. The molecule has 1 heterocycles. The highest BCUT2D eigenvalue weighted by molar-refractivity contribution is 7.09. The Labute approximate surface area is 125 Å². The van der Waals surface area contributed by atoms with Crippen LogP contribution < -0.4 is 5.32 Å². The zero-order valence-electron chi connectivity index (χ0n) is 11.1. The maximum Gasteiger partial charge on any atom is 0.338 e. The second-order valence-corrected chi connectivity index (χ2v) is 5.51. The molecule has 1 aromatic heterocycles. The number of carbonyl (C=O) groups is 2. The first kappa shape index (κ1) is 15.2. The van der Waals surface area contributed by atoms with Crippen LogP contribution in [0.25, 0.3) is 0 Å². The van der Waals surface area contributed by atoms with E-state index in [0.29, 0.717) is 12.8 Å². The minimum Gasteiger partial charge on any atom is -0.478 e. The first-order chi connectivity index (χ1) is 10.1. The molecule has 0 spiro atoms. The van der Waals surface area contributed by atoms with Crippen molar-refractivity contribution >= 4 is 28.9 Å². The summed E-state index contributed by atoms with van der Waals surface area (Å²) in [7, 11) is 0. The number of hydrogen-bond acceptors (Lipinski definition) is 3. The van der Waals surface area contributed by atoms with Crippen LogP contribution in [0.2, 0.25) is 0 Å². The minimum absolute atomic E-state index is 0.214. The zero-order chi connectivity index (χ0) is 15.2. The number of halogens is 1. The number of aryl methyl sites for hydroxylation is 1. The Morgan fingerprint density at radius 2 is 2.10 bits per heavy atom. The second kappa shape index (κ2) is 6.99. The third-order valence-electron chi connectivity index (χ3n) is 2.89. The van der Waals surface area contributed by atoms with Gasteiger partial charge in [-0.2, -0.15) is 0 Å². The number of nitrogens with one attached hydrogen (secondary N) is 1. The van der Waals surface area contributed by atoms with Crippen molar-refractivity contribution in [3.8, 4) is 0 Å². The van der Waals surface area contributed by atoms with Gasteiger partial charge in [0.2, 0.25) is 5.91 Å². The van der Waals surface area contributed by atoms with Gasteiger partial charge in [-0.15, -0.1) is 11.3 Å². The van der Waals surface area contributed by atoms with Gasteiger partial charge in [0.05, 0.1) is 5.56 Å². The van der Waals surface area contributed by atoms with Crippen LogP contribution in [-0.4, -0.2) is 17.0 Å². The molecule has 0 saturated heterocycles. The topological polar surface area (TPSA) is 66.4 Å². The summed E-state index contributed by atoms with van der Waals surface area (Å²) in [5, 5.41) is 13.3. The lowest BCUT2D eigenvalue weighted by Gasteiger charge is -2.06. The van der Waals surface area contributed by atoms with E-state index in [0.717, 1.165) is 18.6 Å². The predicted octanol–water partition coefficient (Wildman–Crippen LogP) is 3.55. The Bertz CT molecular complexity index is 640. The molecule has 21 heavy (non-hydrogen) atoms. The summed E-state index contributed by atoms with van der Waals surface area (Å²) in [5.41, 5.74) is -0.149. The van der Waals surface area contributed by atoms with Crippen LogP contribution in [0.15, 0.2) is 35.7 Å².